The third-order valence-electron chi connectivity index (χ3n) is 4.87. The molecule has 0 spiro atoms. The molecule has 1 saturated heterocycles. The molecule has 4 rings (SSSR count). The van der Waals surface area contributed by atoms with Crippen LogP contribution in [0.15, 0.2) is 53.3 Å². The van der Waals surface area contributed by atoms with Gasteiger partial charge < -0.3 is 4.90 Å². The number of piperazine rings is 1. The van der Waals surface area contributed by atoms with Crippen molar-refractivity contribution in [1.82, 2.24) is 14.8 Å². The van der Waals surface area contributed by atoms with Crippen molar-refractivity contribution in [3.05, 3.63) is 64.4 Å². The average molecular weight is 386 g/mol. The van der Waals surface area contributed by atoms with Gasteiger partial charge in [0.15, 0.2) is 0 Å². The summed E-state index contributed by atoms with van der Waals surface area (Å²) in [6.45, 7) is 2.64. The van der Waals surface area contributed by atoms with Gasteiger partial charge in [0.25, 0.3) is 5.91 Å². The van der Waals surface area contributed by atoms with Gasteiger partial charge in [0.1, 0.15) is 0 Å². The predicted molar refractivity (Wildman–Crippen MR) is 96.8 cm³/mol. The lowest BCUT2D eigenvalue weighted by Crippen LogP contribution is -2.51. The molecule has 1 atom stereocenters. The van der Waals surface area contributed by atoms with Gasteiger partial charge >= 0.3 is 0 Å². The lowest BCUT2D eigenvalue weighted by Gasteiger charge is -2.42. The molecule has 2 aromatic rings. The quantitative estimate of drug-likeness (QED) is 0.810. The molecule has 1 aromatic heterocycles. The summed E-state index contributed by atoms with van der Waals surface area (Å²) < 4.78 is 0.834. The Morgan fingerprint density at radius 2 is 1.92 bits per heavy atom. The molecular formula is C19H20BrN3O. The van der Waals surface area contributed by atoms with Crippen molar-refractivity contribution in [2.45, 2.75) is 24.9 Å². The molecule has 0 bridgehead atoms. The Labute approximate surface area is 150 Å². The van der Waals surface area contributed by atoms with Gasteiger partial charge in [-0.25, -0.2) is 0 Å². The standard InChI is InChI=1S/C19H20BrN3O/c20-16-10-15(11-21-12-16)19(24)23-9-8-22(17-6-7-17)13-18(23)14-4-2-1-3-5-14/h1-5,10-12,17-18H,6-9,13H2. The fourth-order valence-electron chi connectivity index (χ4n) is 3.47. The summed E-state index contributed by atoms with van der Waals surface area (Å²) >= 11 is 3.41. The molecule has 0 N–H and O–H groups in total. The molecule has 1 aliphatic carbocycles. The van der Waals surface area contributed by atoms with Crippen LogP contribution in [0.25, 0.3) is 0 Å². The monoisotopic (exact) mass is 385 g/mol. The third kappa shape index (κ3) is 3.23. The summed E-state index contributed by atoms with van der Waals surface area (Å²) in [7, 11) is 0. The summed E-state index contributed by atoms with van der Waals surface area (Å²) in [5.74, 6) is 0.0631. The number of hydrogen-bond acceptors (Lipinski definition) is 3. The Morgan fingerprint density at radius 1 is 1.12 bits per heavy atom. The van der Waals surface area contributed by atoms with Gasteiger partial charge in [-0.05, 0) is 40.4 Å². The van der Waals surface area contributed by atoms with Crippen molar-refractivity contribution in [1.29, 1.82) is 0 Å². The maximum Gasteiger partial charge on any atom is 0.256 e. The lowest BCUT2D eigenvalue weighted by molar-refractivity contribution is 0.0432. The maximum absolute atomic E-state index is 13.1. The van der Waals surface area contributed by atoms with Gasteiger partial charge in [-0.1, -0.05) is 30.3 Å². The molecule has 1 unspecified atom stereocenters. The van der Waals surface area contributed by atoms with Gasteiger partial charge in [-0.15, -0.1) is 0 Å². The van der Waals surface area contributed by atoms with E-state index < -0.39 is 0 Å². The highest BCUT2D eigenvalue weighted by Gasteiger charge is 2.38. The maximum atomic E-state index is 13.1. The summed E-state index contributed by atoms with van der Waals surface area (Å²) in [5, 5.41) is 0. The molecule has 1 saturated carbocycles. The van der Waals surface area contributed by atoms with Gasteiger partial charge in [-0.2, -0.15) is 0 Å². The van der Waals surface area contributed by atoms with E-state index in [0.29, 0.717) is 5.56 Å². The van der Waals surface area contributed by atoms with E-state index in [4.69, 9.17) is 0 Å². The number of aromatic nitrogens is 1. The summed E-state index contributed by atoms with van der Waals surface area (Å²) in [6.07, 6.45) is 5.95. The van der Waals surface area contributed by atoms with Crippen molar-refractivity contribution in [2.24, 2.45) is 0 Å². The molecule has 24 heavy (non-hydrogen) atoms. The molecule has 1 aliphatic heterocycles. The fourth-order valence-corrected chi connectivity index (χ4v) is 3.84. The zero-order valence-corrected chi connectivity index (χ0v) is 15.0. The first kappa shape index (κ1) is 15.8. The molecule has 124 valence electrons. The van der Waals surface area contributed by atoms with Crippen molar-refractivity contribution in [2.75, 3.05) is 19.6 Å². The SMILES string of the molecule is O=C(c1cncc(Br)c1)N1CCN(C2CC2)CC1c1ccccc1. The number of carbonyl (C=O) groups excluding carboxylic acids is 1. The fraction of sp³-hybridized carbons (Fsp3) is 0.368. The Morgan fingerprint density at radius 3 is 2.62 bits per heavy atom. The molecular weight excluding hydrogens is 366 g/mol. The minimum absolute atomic E-state index is 0.0631. The number of rotatable bonds is 3. The lowest BCUT2D eigenvalue weighted by atomic mass is 10.0. The van der Waals surface area contributed by atoms with E-state index in [-0.39, 0.29) is 11.9 Å². The minimum Gasteiger partial charge on any atom is -0.329 e. The first-order valence-corrected chi connectivity index (χ1v) is 9.22. The summed E-state index contributed by atoms with van der Waals surface area (Å²) in [5.41, 5.74) is 1.85. The van der Waals surface area contributed by atoms with Crippen LogP contribution in [0, 0.1) is 0 Å². The highest BCUT2D eigenvalue weighted by Crippen LogP contribution is 2.34. The van der Waals surface area contributed by atoms with E-state index in [1.807, 2.05) is 17.0 Å². The molecule has 5 heteroatoms. The molecule has 2 aliphatic rings. The summed E-state index contributed by atoms with van der Waals surface area (Å²) in [4.78, 5) is 21.8. The second-order valence-corrected chi connectivity index (χ2v) is 7.46. The Balaban J connectivity index is 1.63. The zero-order valence-electron chi connectivity index (χ0n) is 13.4. The number of pyridine rings is 1. The van der Waals surface area contributed by atoms with Gasteiger partial charge in [0.05, 0.1) is 11.6 Å². The first-order chi connectivity index (χ1) is 11.7. The largest absolute Gasteiger partial charge is 0.329 e. The summed E-state index contributed by atoms with van der Waals surface area (Å²) in [6, 6.07) is 13.1. The molecule has 2 fully saturated rings. The van der Waals surface area contributed by atoms with Gasteiger partial charge in [-0.3, -0.25) is 14.7 Å². The van der Waals surface area contributed by atoms with Crippen LogP contribution in [0.4, 0.5) is 0 Å². The molecule has 4 nitrogen and oxygen atoms in total. The minimum atomic E-state index is 0.0631. The number of halogens is 1. The van der Waals surface area contributed by atoms with Crippen LogP contribution in [0.1, 0.15) is 34.8 Å². The third-order valence-corrected chi connectivity index (χ3v) is 5.31. The normalized spacial score (nSPS) is 21.7. The van der Waals surface area contributed by atoms with Crippen molar-refractivity contribution in [3.63, 3.8) is 0 Å². The Kier molecular flexibility index (Phi) is 4.37. The molecule has 0 radical (unpaired) electrons. The second kappa shape index (κ2) is 6.65. The smallest absolute Gasteiger partial charge is 0.256 e. The van der Waals surface area contributed by atoms with Crippen LogP contribution in [0.2, 0.25) is 0 Å². The van der Waals surface area contributed by atoms with Crippen LogP contribution in [0.3, 0.4) is 0 Å². The van der Waals surface area contributed by atoms with Crippen LogP contribution >= 0.6 is 15.9 Å². The van der Waals surface area contributed by atoms with Crippen molar-refractivity contribution < 1.29 is 4.79 Å². The topological polar surface area (TPSA) is 36.4 Å². The van der Waals surface area contributed by atoms with Gasteiger partial charge in [0.2, 0.25) is 0 Å². The van der Waals surface area contributed by atoms with E-state index in [1.165, 1.54) is 18.4 Å². The molecule has 2 heterocycles. The molecule has 1 amide bonds. The number of carbonyl (C=O) groups is 1. The van der Waals surface area contributed by atoms with Crippen LogP contribution in [-0.2, 0) is 0 Å². The predicted octanol–water partition coefficient (Wildman–Crippen LogP) is 3.51. The van der Waals surface area contributed by atoms with Crippen LogP contribution in [0.5, 0.6) is 0 Å². The molecule has 1 aromatic carbocycles. The van der Waals surface area contributed by atoms with Crippen LogP contribution < -0.4 is 0 Å². The van der Waals surface area contributed by atoms with Crippen molar-refractivity contribution >= 4 is 21.8 Å². The Bertz CT molecular complexity index is 732. The van der Waals surface area contributed by atoms with Crippen LogP contribution in [-0.4, -0.2) is 46.4 Å². The van der Waals surface area contributed by atoms with E-state index >= 15 is 0 Å². The Hall–Kier alpha value is -1.72. The van der Waals surface area contributed by atoms with E-state index in [1.54, 1.807) is 12.4 Å². The number of hydrogen-bond donors (Lipinski definition) is 0. The average Bonchev–Trinajstić information content (AvgIpc) is 3.46. The number of amides is 1. The van der Waals surface area contributed by atoms with E-state index in [9.17, 15) is 4.79 Å². The zero-order chi connectivity index (χ0) is 16.5. The highest BCUT2D eigenvalue weighted by molar-refractivity contribution is 9.10. The van der Waals surface area contributed by atoms with E-state index in [2.05, 4.69) is 50.1 Å². The highest BCUT2D eigenvalue weighted by atomic mass is 79.9. The van der Waals surface area contributed by atoms with E-state index in [0.717, 1.165) is 30.1 Å². The van der Waals surface area contributed by atoms with Gasteiger partial charge in [0, 0.05) is 42.5 Å². The number of nitrogens with zero attached hydrogens (tertiary/aromatic N) is 3. The second-order valence-electron chi connectivity index (χ2n) is 6.54. The van der Waals surface area contributed by atoms with Crippen molar-refractivity contribution in [3.8, 4) is 0 Å². The number of benzene rings is 1. The first-order valence-electron chi connectivity index (χ1n) is 8.43.